The number of nitrogens with two attached hydrogens (primary N) is 1. The Hall–Kier alpha value is -1.86. The van der Waals surface area contributed by atoms with Crippen LogP contribution in [0.2, 0.25) is 0 Å². The van der Waals surface area contributed by atoms with E-state index in [-0.39, 0.29) is 11.8 Å². The molecule has 1 aromatic rings. The van der Waals surface area contributed by atoms with Gasteiger partial charge in [0.05, 0.1) is 12.5 Å². The average molecular weight is 273 g/mol. The predicted molar refractivity (Wildman–Crippen MR) is 81.0 cm³/mol. The van der Waals surface area contributed by atoms with E-state index in [1.165, 1.54) is 0 Å². The zero-order valence-electron chi connectivity index (χ0n) is 12.2. The van der Waals surface area contributed by atoms with Gasteiger partial charge in [-0.2, -0.15) is 5.26 Å². The van der Waals surface area contributed by atoms with Crippen LogP contribution in [0.25, 0.3) is 0 Å². The van der Waals surface area contributed by atoms with E-state index in [1.807, 2.05) is 24.3 Å². The van der Waals surface area contributed by atoms with Gasteiger partial charge in [0.2, 0.25) is 5.91 Å². The van der Waals surface area contributed by atoms with Crippen molar-refractivity contribution in [1.82, 2.24) is 0 Å². The quantitative estimate of drug-likeness (QED) is 0.801. The summed E-state index contributed by atoms with van der Waals surface area (Å²) in [6, 6.07) is 9.45. The second-order valence-electron chi connectivity index (χ2n) is 5.52. The van der Waals surface area contributed by atoms with Gasteiger partial charge in [-0.15, -0.1) is 0 Å². The van der Waals surface area contributed by atoms with Crippen molar-refractivity contribution in [2.24, 2.45) is 17.6 Å². The van der Waals surface area contributed by atoms with Crippen molar-refractivity contribution >= 4 is 11.6 Å². The first-order valence-corrected chi connectivity index (χ1v) is 7.01. The third-order valence-corrected chi connectivity index (χ3v) is 3.13. The molecule has 1 rings (SSSR count). The molecular weight excluding hydrogens is 250 g/mol. The Morgan fingerprint density at radius 2 is 2.00 bits per heavy atom. The summed E-state index contributed by atoms with van der Waals surface area (Å²) in [5, 5.41) is 11.5. The van der Waals surface area contributed by atoms with Gasteiger partial charge in [-0.05, 0) is 42.5 Å². The fourth-order valence-corrected chi connectivity index (χ4v) is 2.20. The molecule has 0 aromatic heterocycles. The second-order valence-corrected chi connectivity index (χ2v) is 5.52. The van der Waals surface area contributed by atoms with E-state index < -0.39 is 0 Å². The molecule has 4 heteroatoms. The van der Waals surface area contributed by atoms with Gasteiger partial charge in [0, 0.05) is 12.1 Å². The number of hydrogen-bond acceptors (Lipinski definition) is 3. The van der Waals surface area contributed by atoms with Gasteiger partial charge in [-0.1, -0.05) is 26.0 Å². The van der Waals surface area contributed by atoms with Gasteiger partial charge < -0.3 is 11.1 Å². The van der Waals surface area contributed by atoms with E-state index >= 15 is 0 Å². The Labute approximate surface area is 121 Å². The first-order chi connectivity index (χ1) is 9.55. The molecule has 0 heterocycles. The standard InChI is InChI=1S/C16H23N3O/c1-12(2)9-14(11-18)10-16(20)19-15-5-3-13(4-6-15)7-8-17/h3-6,12,14H,7,9-11,18H2,1-2H3,(H,19,20)/t14-/m0/s1. The maximum absolute atomic E-state index is 12.0. The van der Waals surface area contributed by atoms with Gasteiger partial charge >= 0.3 is 0 Å². The van der Waals surface area contributed by atoms with Crippen molar-refractivity contribution in [3.8, 4) is 6.07 Å². The van der Waals surface area contributed by atoms with Crippen LogP contribution in [0.1, 0.15) is 32.3 Å². The van der Waals surface area contributed by atoms with E-state index in [2.05, 4.69) is 25.2 Å². The smallest absolute Gasteiger partial charge is 0.224 e. The molecule has 0 spiro atoms. The van der Waals surface area contributed by atoms with Crippen molar-refractivity contribution in [3.63, 3.8) is 0 Å². The maximum Gasteiger partial charge on any atom is 0.224 e. The van der Waals surface area contributed by atoms with Gasteiger partial charge in [0.1, 0.15) is 0 Å². The number of amides is 1. The molecular formula is C16H23N3O. The number of anilines is 1. The largest absolute Gasteiger partial charge is 0.330 e. The van der Waals surface area contributed by atoms with Crippen molar-refractivity contribution < 1.29 is 4.79 Å². The lowest BCUT2D eigenvalue weighted by Crippen LogP contribution is -2.23. The Kier molecular flexibility index (Phi) is 6.75. The van der Waals surface area contributed by atoms with Crippen LogP contribution < -0.4 is 11.1 Å². The predicted octanol–water partition coefficient (Wildman–Crippen LogP) is 2.70. The van der Waals surface area contributed by atoms with Crippen LogP contribution >= 0.6 is 0 Å². The van der Waals surface area contributed by atoms with Crippen LogP contribution in [0, 0.1) is 23.2 Å². The molecule has 0 aliphatic rings. The number of nitriles is 1. The number of carbonyl (C=O) groups is 1. The highest BCUT2D eigenvalue weighted by atomic mass is 16.1. The number of rotatable bonds is 7. The summed E-state index contributed by atoms with van der Waals surface area (Å²) in [6.45, 7) is 4.80. The van der Waals surface area contributed by atoms with E-state index in [4.69, 9.17) is 11.0 Å². The normalized spacial score (nSPS) is 11.9. The minimum absolute atomic E-state index is 0.00543. The summed E-state index contributed by atoms with van der Waals surface area (Å²) in [4.78, 5) is 12.0. The molecule has 20 heavy (non-hydrogen) atoms. The highest BCUT2D eigenvalue weighted by molar-refractivity contribution is 5.90. The molecule has 4 nitrogen and oxygen atoms in total. The molecule has 0 aliphatic carbocycles. The Balaban J connectivity index is 2.51. The van der Waals surface area contributed by atoms with Gasteiger partial charge in [0.25, 0.3) is 0 Å². The maximum atomic E-state index is 12.0. The van der Waals surface area contributed by atoms with Crippen LogP contribution in [0.5, 0.6) is 0 Å². The molecule has 0 fully saturated rings. The summed E-state index contributed by atoms with van der Waals surface area (Å²) in [6.07, 6.45) is 1.80. The van der Waals surface area contributed by atoms with Crippen LogP contribution in [0.3, 0.4) is 0 Å². The summed E-state index contributed by atoms with van der Waals surface area (Å²) >= 11 is 0. The lowest BCUT2D eigenvalue weighted by atomic mass is 9.94. The minimum Gasteiger partial charge on any atom is -0.330 e. The summed E-state index contributed by atoms with van der Waals surface area (Å²) in [5.41, 5.74) is 7.42. The van der Waals surface area contributed by atoms with E-state index in [9.17, 15) is 4.79 Å². The van der Waals surface area contributed by atoms with E-state index in [0.717, 1.165) is 17.7 Å². The third kappa shape index (κ3) is 5.85. The molecule has 108 valence electrons. The molecule has 0 saturated heterocycles. The van der Waals surface area contributed by atoms with Crippen molar-refractivity contribution in [2.75, 3.05) is 11.9 Å². The molecule has 1 amide bonds. The fourth-order valence-electron chi connectivity index (χ4n) is 2.20. The summed E-state index contributed by atoms with van der Waals surface area (Å²) in [7, 11) is 0. The van der Waals surface area contributed by atoms with Crippen molar-refractivity contribution in [3.05, 3.63) is 29.8 Å². The highest BCUT2D eigenvalue weighted by Crippen LogP contribution is 2.16. The van der Waals surface area contributed by atoms with Gasteiger partial charge in [0.15, 0.2) is 0 Å². The van der Waals surface area contributed by atoms with E-state index in [1.54, 1.807) is 0 Å². The summed E-state index contributed by atoms with van der Waals surface area (Å²) < 4.78 is 0. The number of carbonyl (C=O) groups excluding carboxylic acids is 1. The van der Waals surface area contributed by atoms with Crippen LogP contribution in [-0.4, -0.2) is 12.5 Å². The number of nitrogens with one attached hydrogen (secondary N) is 1. The minimum atomic E-state index is -0.00543. The van der Waals surface area contributed by atoms with Crippen molar-refractivity contribution in [2.45, 2.75) is 33.1 Å². The molecule has 0 unspecified atom stereocenters. The molecule has 0 aliphatic heterocycles. The Morgan fingerprint density at radius 1 is 1.35 bits per heavy atom. The fraction of sp³-hybridized carbons (Fsp3) is 0.500. The lowest BCUT2D eigenvalue weighted by molar-refractivity contribution is -0.117. The first kappa shape index (κ1) is 16.2. The molecule has 1 aromatic carbocycles. The van der Waals surface area contributed by atoms with Crippen molar-refractivity contribution in [1.29, 1.82) is 5.26 Å². The zero-order valence-corrected chi connectivity index (χ0v) is 12.2. The van der Waals surface area contributed by atoms with E-state index in [0.29, 0.717) is 25.3 Å². The molecule has 0 radical (unpaired) electrons. The highest BCUT2D eigenvalue weighted by Gasteiger charge is 2.14. The number of benzene rings is 1. The van der Waals surface area contributed by atoms with Gasteiger partial charge in [-0.3, -0.25) is 4.79 Å². The summed E-state index contributed by atoms with van der Waals surface area (Å²) in [5.74, 6) is 0.767. The van der Waals surface area contributed by atoms with Crippen LogP contribution in [0.15, 0.2) is 24.3 Å². The first-order valence-electron chi connectivity index (χ1n) is 7.01. The van der Waals surface area contributed by atoms with Crippen LogP contribution in [0.4, 0.5) is 5.69 Å². The average Bonchev–Trinajstić information content (AvgIpc) is 2.40. The molecule has 1 atom stereocenters. The zero-order chi connectivity index (χ0) is 15.0. The molecule has 3 N–H and O–H groups in total. The monoisotopic (exact) mass is 273 g/mol. The number of hydrogen-bond donors (Lipinski definition) is 2. The molecule has 0 saturated carbocycles. The SMILES string of the molecule is CC(C)C[C@H](CN)CC(=O)Nc1ccc(CC#N)cc1. The molecule has 0 bridgehead atoms. The topological polar surface area (TPSA) is 78.9 Å². The lowest BCUT2D eigenvalue weighted by Gasteiger charge is -2.16. The second kappa shape index (κ2) is 8.34. The Bertz CT molecular complexity index is 460. The number of nitrogens with zero attached hydrogens (tertiary/aromatic N) is 1. The Morgan fingerprint density at radius 3 is 2.50 bits per heavy atom. The van der Waals surface area contributed by atoms with Gasteiger partial charge in [-0.25, -0.2) is 0 Å². The van der Waals surface area contributed by atoms with Crippen LogP contribution in [-0.2, 0) is 11.2 Å². The third-order valence-electron chi connectivity index (χ3n) is 3.13.